The molecule has 0 atom stereocenters. The van der Waals surface area contributed by atoms with E-state index in [-0.39, 0.29) is 5.75 Å². The molecule has 4 nitrogen and oxygen atoms in total. The molecule has 132 valence electrons. The van der Waals surface area contributed by atoms with Crippen LogP contribution >= 0.6 is 11.3 Å². The van der Waals surface area contributed by atoms with Crippen LogP contribution < -0.4 is 4.74 Å². The lowest BCUT2D eigenvalue weighted by Crippen LogP contribution is -2.19. The van der Waals surface area contributed by atoms with Gasteiger partial charge in [-0.3, -0.25) is 4.98 Å². The second kappa shape index (κ2) is 6.94. The average Bonchev–Trinajstić information content (AvgIpc) is 3.11. The minimum Gasteiger partial charge on any atom is -0.507 e. The van der Waals surface area contributed by atoms with Crippen molar-refractivity contribution in [3.8, 4) is 22.6 Å². The zero-order valence-electron chi connectivity index (χ0n) is 14.8. The Balaban J connectivity index is 1.76. The van der Waals surface area contributed by atoms with Crippen molar-refractivity contribution in [3.05, 3.63) is 54.0 Å². The van der Waals surface area contributed by atoms with E-state index in [4.69, 9.17) is 4.74 Å². The fraction of sp³-hybridized carbons (Fsp3) is 0.190. The molecule has 0 aliphatic heterocycles. The summed E-state index contributed by atoms with van der Waals surface area (Å²) in [6, 6.07) is 13.5. The summed E-state index contributed by atoms with van der Waals surface area (Å²) in [4.78, 5) is 6.64. The number of ether oxygens (including phenoxy) is 1. The number of aromatic hydroxyl groups is 1. The number of pyridine rings is 1. The Morgan fingerprint density at radius 1 is 1.08 bits per heavy atom. The predicted molar refractivity (Wildman–Crippen MR) is 108 cm³/mol. The zero-order valence-corrected chi connectivity index (χ0v) is 15.6. The van der Waals surface area contributed by atoms with Gasteiger partial charge in [0.05, 0.1) is 10.2 Å². The number of nitrogens with zero attached hydrogens (tertiary/aromatic N) is 2. The lowest BCUT2D eigenvalue weighted by molar-refractivity contribution is 0.261. The SMILES string of the molecule is CN(C)CCOc1ccc(-c2c(O)ccc3ncc4sccc4c23)cc1. The van der Waals surface area contributed by atoms with Gasteiger partial charge < -0.3 is 14.7 Å². The van der Waals surface area contributed by atoms with Crippen molar-refractivity contribution in [2.45, 2.75) is 0 Å². The summed E-state index contributed by atoms with van der Waals surface area (Å²) in [6.45, 7) is 1.51. The van der Waals surface area contributed by atoms with E-state index in [1.54, 1.807) is 17.4 Å². The van der Waals surface area contributed by atoms with Crippen molar-refractivity contribution in [1.82, 2.24) is 9.88 Å². The van der Waals surface area contributed by atoms with E-state index in [0.29, 0.717) is 6.61 Å². The zero-order chi connectivity index (χ0) is 18.1. The Kier molecular flexibility index (Phi) is 4.49. The lowest BCUT2D eigenvalue weighted by atomic mass is 9.97. The van der Waals surface area contributed by atoms with Crippen LogP contribution in [0.25, 0.3) is 32.1 Å². The number of hydrogen-bond acceptors (Lipinski definition) is 5. The molecule has 0 bridgehead atoms. The smallest absolute Gasteiger partial charge is 0.124 e. The maximum atomic E-state index is 10.6. The van der Waals surface area contributed by atoms with E-state index in [1.165, 1.54) is 0 Å². The van der Waals surface area contributed by atoms with Gasteiger partial charge in [-0.2, -0.15) is 0 Å². The molecule has 5 heteroatoms. The molecule has 26 heavy (non-hydrogen) atoms. The second-order valence-electron chi connectivity index (χ2n) is 6.49. The van der Waals surface area contributed by atoms with Crippen molar-refractivity contribution in [2.24, 2.45) is 0 Å². The Morgan fingerprint density at radius 2 is 1.88 bits per heavy atom. The van der Waals surface area contributed by atoms with E-state index in [2.05, 4.69) is 21.3 Å². The van der Waals surface area contributed by atoms with Crippen LogP contribution in [0.15, 0.2) is 54.0 Å². The van der Waals surface area contributed by atoms with Gasteiger partial charge in [0.25, 0.3) is 0 Å². The summed E-state index contributed by atoms with van der Waals surface area (Å²) in [6.07, 6.45) is 1.89. The molecule has 0 aliphatic carbocycles. The van der Waals surface area contributed by atoms with E-state index < -0.39 is 0 Å². The van der Waals surface area contributed by atoms with Gasteiger partial charge in [0.15, 0.2) is 0 Å². The number of phenols is 1. The Labute approximate surface area is 156 Å². The maximum Gasteiger partial charge on any atom is 0.124 e. The topological polar surface area (TPSA) is 45.6 Å². The van der Waals surface area contributed by atoms with Crippen LogP contribution in [0.1, 0.15) is 0 Å². The lowest BCUT2D eigenvalue weighted by Gasteiger charge is -2.13. The number of aromatic nitrogens is 1. The van der Waals surface area contributed by atoms with Crippen molar-refractivity contribution >= 4 is 32.3 Å². The number of likely N-dealkylation sites (N-methyl/N-ethyl adjacent to an activating group) is 1. The van der Waals surface area contributed by atoms with Gasteiger partial charge in [0.1, 0.15) is 18.1 Å². The van der Waals surface area contributed by atoms with Gasteiger partial charge >= 0.3 is 0 Å². The first-order valence-corrected chi connectivity index (χ1v) is 9.37. The summed E-state index contributed by atoms with van der Waals surface area (Å²) in [5, 5.41) is 14.7. The Morgan fingerprint density at radius 3 is 2.65 bits per heavy atom. The number of hydrogen-bond donors (Lipinski definition) is 1. The van der Waals surface area contributed by atoms with Gasteiger partial charge in [-0.15, -0.1) is 11.3 Å². The normalized spacial score (nSPS) is 11.5. The van der Waals surface area contributed by atoms with E-state index >= 15 is 0 Å². The number of thiophene rings is 1. The minimum atomic E-state index is 0.263. The highest BCUT2D eigenvalue weighted by Crippen LogP contribution is 2.40. The monoisotopic (exact) mass is 364 g/mol. The molecule has 0 fully saturated rings. The summed E-state index contributed by atoms with van der Waals surface area (Å²) < 4.78 is 6.89. The molecule has 0 spiro atoms. The van der Waals surface area contributed by atoms with Crippen LogP contribution in [-0.4, -0.2) is 42.2 Å². The molecular weight excluding hydrogens is 344 g/mol. The molecule has 0 amide bonds. The molecule has 2 heterocycles. The highest BCUT2D eigenvalue weighted by atomic mass is 32.1. The fourth-order valence-corrected chi connectivity index (χ4v) is 3.83. The summed E-state index contributed by atoms with van der Waals surface area (Å²) in [7, 11) is 4.05. The molecule has 4 aromatic rings. The molecule has 0 radical (unpaired) electrons. The largest absolute Gasteiger partial charge is 0.507 e. The third kappa shape index (κ3) is 3.11. The number of rotatable bonds is 5. The third-order valence-corrected chi connectivity index (χ3v) is 5.25. The van der Waals surface area contributed by atoms with Gasteiger partial charge in [-0.05, 0) is 55.4 Å². The van der Waals surface area contributed by atoms with Gasteiger partial charge in [-0.25, -0.2) is 0 Å². The van der Waals surface area contributed by atoms with Crippen molar-refractivity contribution in [2.75, 3.05) is 27.2 Å². The molecule has 4 rings (SSSR count). The standard InChI is InChI=1S/C21H20N2O2S/c1-23(2)10-11-25-15-5-3-14(4-6-15)20-18(24)8-7-17-21(20)16-9-12-26-19(16)13-22-17/h3-9,12-13,24H,10-11H2,1-2H3. The van der Waals surface area contributed by atoms with Crippen molar-refractivity contribution in [3.63, 3.8) is 0 Å². The number of fused-ring (bicyclic) bond motifs is 3. The van der Waals surface area contributed by atoms with Crippen LogP contribution in [-0.2, 0) is 0 Å². The van der Waals surface area contributed by atoms with Gasteiger partial charge in [0, 0.05) is 29.1 Å². The minimum absolute atomic E-state index is 0.263. The van der Waals surface area contributed by atoms with Crippen LogP contribution in [0.3, 0.4) is 0 Å². The number of benzene rings is 2. The van der Waals surface area contributed by atoms with Gasteiger partial charge in [-0.1, -0.05) is 12.1 Å². The fourth-order valence-electron chi connectivity index (χ4n) is 3.07. The molecular formula is C21H20N2O2S. The maximum absolute atomic E-state index is 10.6. The second-order valence-corrected chi connectivity index (χ2v) is 7.43. The molecule has 1 N–H and O–H groups in total. The van der Waals surface area contributed by atoms with Crippen molar-refractivity contribution < 1.29 is 9.84 Å². The summed E-state index contributed by atoms with van der Waals surface area (Å²) in [5.41, 5.74) is 2.66. The Hall–Kier alpha value is -2.63. The first kappa shape index (κ1) is 16.8. The van der Waals surface area contributed by atoms with Crippen LogP contribution in [0.2, 0.25) is 0 Å². The first-order chi connectivity index (χ1) is 12.6. The van der Waals surface area contributed by atoms with E-state index in [9.17, 15) is 5.11 Å². The average molecular weight is 364 g/mol. The van der Waals surface area contributed by atoms with Crippen LogP contribution in [0, 0.1) is 0 Å². The van der Waals surface area contributed by atoms with E-state index in [1.807, 2.05) is 50.6 Å². The highest BCUT2D eigenvalue weighted by molar-refractivity contribution is 7.17. The molecule has 0 unspecified atom stereocenters. The van der Waals surface area contributed by atoms with Gasteiger partial charge in [0.2, 0.25) is 0 Å². The van der Waals surface area contributed by atoms with Crippen LogP contribution in [0.4, 0.5) is 0 Å². The molecule has 2 aromatic heterocycles. The summed E-state index contributed by atoms with van der Waals surface area (Å²) in [5.74, 6) is 1.09. The first-order valence-electron chi connectivity index (χ1n) is 8.49. The summed E-state index contributed by atoms with van der Waals surface area (Å²) >= 11 is 1.66. The molecule has 0 saturated carbocycles. The van der Waals surface area contributed by atoms with Crippen LogP contribution in [0.5, 0.6) is 11.5 Å². The molecule has 2 aromatic carbocycles. The highest BCUT2D eigenvalue weighted by Gasteiger charge is 2.14. The van der Waals surface area contributed by atoms with E-state index in [0.717, 1.165) is 44.4 Å². The predicted octanol–water partition coefficient (Wildman–Crippen LogP) is 4.76. The Bertz CT molecular complexity index is 1050. The van der Waals surface area contributed by atoms with Crippen molar-refractivity contribution in [1.29, 1.82) is 0 Å². The molecule has 0 aliphatic rings. The quantitative estimate of drug-likeness (QED) is 0.554. The third-order valence-electron chi connectivity index (χ3n) is 4.40. The number of phenolic OH excluding ortho intramolecular Hbond substituents is 1. The molecule has 0 saturated heterocycles.